The first-order valence-electron chi connectivity index (χ1n) is 12.8. The van der Waals surface area contributed by atoms with E-state index in [1.807, 2.05) is 95.9 Å². The van der Waals surface area contributed by atoms with Crippen LogP contribution in [0.4, 0.5) is 5.69 Å². The van der Waals surface area contributed by atoms with E-state index in [2.05, 4.69) is 17.4 Å². The van der Waals surface area contributed by atoms with Crippen molar-refractivity contribution < 1.29 is 14.3 Å². The highest BCUT2D eigenvalue weighted by Crippen LogP contribution is 2.31. The number of carbonyl (C=O) groups excluding carboxylic acids is 2. The Kier molecular flexibility index (Phi) is 7.95. The Morgan fingerprint density at radius 2 is 1.37 bits per heavy atom. The maximum atomic E-state index is 13.4. The van der Waals surface area contributed by atoms with E-state index in [1.165, 1.54) is 5.56 Å². The van der Waals surface area contributed by atoms with Gasteiger partial charge in [0.1, 0.15) is 6.61 Å². The molecule has 0 radical (unpaired) electrons. The molecule has 5 rings (SSSR count). The van der Waals surface area contributed by atoms with Crippen molar-refractivity contribution in [1.82, 2.24) is 4.90 Å². The lowest BCUT2D eigenvalue weighted by Crippen LogP contribution is -2.49. The second kappa shape index (κ2) is 12.1. The quantitative estimate of drug-likeness (QED) is 0.267. The summed E-state index contributed by atoms with van der Waals surface area (Å²) in [7, 11) is 0. The minimum absolute atomic E-state index is 0.0467. The normalized spacial score (nSPS) is 16.2. The third-order valence-corrected chi connectivity index (χ3v) is 6.75. The summed E-state index contributed by atoms with van der Waals surface area (Å²) in [5.41, 5.74) is 3.54. The van der Waals surface area contributed by atoms with Gasteiger partial charge in [0.05, 0.1) is 23.7 Å². The predicted octanol–water partition coefficient (Wildman–Crippen LogP) is 6.08. The molecular formula is C33H30N2O3. The van der Waals surface area contributed by atoms with Gasteiger partial charge in [0.2, 0.25) is 5.91 Å². The fourth-order valence-corrected chi connectivity index (χ4v) is 4.89. The van der Waals surface area contributed by atoms with Gasteiger partial charge in [0.15, 0.2) is 0 Å². The average Bonchev–Trinajstić information content (AvgIpc) is 3.36. The van der Waals surface area contributed by atoms with E-state index in [4.69, 9.17) is 4.74 Å². The topological polar surface area (TPSA) is 58.6 Å². The van der Waals surface area contributed by atoms with Crippen molar-refractivity contribution in [2.75, 3.05) is 11.9 Å². The van der Waals surface area contributed by atoms with Crippen molar-refractivity contribution in [1.29, 1.82) is 0 Å². The van der Waals surface area contributed by atoms with Crippen molar-refractivity contribution in [2.45, 2.75) is 24.5 Å². The smallest absolute Gasteiger partial charge is 0.338 e. The number of para-hydroxylation sites is 1. The summed E-state index contributed by atoms with van der Waals surface area (Å²) in [5, 5.41) is 3.66. The Bertz CT molecular complexity index is 1320. The minimum Gasteiger partial charge on any atom is -0.460 e. The third-order valence-electron chi connectivity index (χ3n) is 6.75. The van der Waals surface area contributed by atoms with Gasteiger partial charge in [-0.3, -0.25) is 4.79 Å². The first kappa shape index (κ1) is 25.0. The summed E-state index contributed by atoms with van der Waals surface area (Å²) in [5.74, 6) is -0.515. The highest BCUT2D eigenvalue weighted by Gasteiger charge is 2.38. The summed E-state index contributed by atoms with van der Waals surface area (Å²) in [4.78, 5) is 28.1. The molecular weight excluding hydrogens is 472 g/mol. The number of anilines is 1. The average molecular weight is 503 g/mol. The van der Waals surface area contributed by atoms with Crippen LogP contribution in [0.5, 0.6) is 0 Å². The van der Waals surface area contributed by atoms with Crippen molar-refractivity contribution in [3.63, 3.8) is 0 Å². The maximum Gasteiger partial charge on any atom is 0.338 e. The third kappa shape index (κ3) is 6.01. The van der Waals surface area contributed by atoms with Crippen LogP contribution in [0.1, 0.15) is 27.5 Å². The number of ether oxygens (including phenoxy) is 1. The van der Waals surface area contributed by atoms with E-state index < -0.39 is 12.0 Å². The van der Waals surface area contributed by atoms with E-state index in [1.54, 1.807) is 30.3 Å². The van der Waals surface area contributed by atoms with E-state index in [0.29, 0.717) is 12.0 Å². The zero-order chi connectivity index (χ0) is 26.2. The van der Waals surface area contributed by atoms with Gasteiger partial charge in [-0.1, -0.05) is 103 Å². The molecule has 0 aliphatic carbocycles. The highest BCUT2D eigenvalue weighted by atomic mass is 16.5. The van der Waals surface area contributed by atoms with Crippen LogP contribution in [0.2, 0.25) is 0 Å². The van der Waals surface area contributed by atoms with Gasteiger partial charge in [0.25, 0.3) is 0 Å². The number of nitrogens with one attached hydrogen (secondary N) is 1. The molecule has 0 spiro atoms. The fraction of sp³-hybridized carbons (Fsp3) is 0.152. The van der Waals surface area contributed by atoms with Gasteiger partial charge in [0, 0.05) is 11.8 Å². The zero-order valence-electron chi connectivity index (χ0n) is 21.0. The van der Waals surface area contributed by atoms with Crippen molar-refractivity contribution >= 4 is 17.6 Å². The molecule has 0 saturated heterocycles. The van der Waals surface area contributed by atoms with Crippen LogP contribution in [0, 0.1) is 0 Å². The number of carbonyl (C=O) groups is 2. The molecule has 4 aromatic rings. The summed E-state index contributed by atoms with van der Waals surface area (Å²) in [6.45, 7) is 0.0467. The Hall–Kier alpha value is -4.64. The van der Waals surface area contributed by atoms with E-state index in [-0.39, 0.29) is 24.6 Å². The molecule has 0 unspecified atom stereocenters. The minimum atomic E-state index is -0.452. The maximum absolute atomic E-state index is 13.4. The molecule has 1 aliphatic heterocycles. The lowest BCUT2D eigenvalue weighted by Gasteiger charge is -2.38. The van der Waals surface area contributed by atoms with Crippen LogP contribution in [0.15, 0.2) is 133 Å². The molecule has 4 aromatic carbocycles. The Morgan fingerprint density at radius 3 is 2.03 bits per heavy atom. The number of amides is 1. The van der Waals surface area contributed by atoms with E-state index in [0.717, 1.165) is 11.3 Å². The van der Waals surface area contributed by atoms with Crippen LogP contribution in [0.25, 0.3) is 0 Å². The molecule has 0 aromatic heterocycles. The van der Waals surface area contributed by atoms with Crippen LogP contribution in [-0.4, -0.2) is 35.5 Å². The van der Waals surface area contributed by atoms with E-state index >= 15 is 0 Å². The van der Waals surface area contributed by atoms with Crippen LogP contribution in [0.3, 0.4) is 0 Å². The van der Waals surface area contributed by atoms with Gasteiger partial charge in [-0.25, -0.2) is 4.79 Å². The van der Waals surface area contributed by atoms with Gasteiger partial charge in [-0.05, 0) is 41.8 Å². The molecule has 3 atom stereocenters. The Morgan fingerprint density at radius 1 is 0.789 bits per heavy atom. The molecule has 38 heavy (non-hydrogen) atoms. The molecule has 1 N–H and O–H groups in total. The zero-order valence-corrected chi connectivity index (χ0v) is 21.0. The summed E-state index contributed by atoms with van der Waals surface area (Å²) < 4.78 is 5.79. The van der Waals surface area contributed by atoms with Crippen LogP contribution < -0.4 is 5.32 Å². The Labute approximate surface area is 223 Å². The highest BCUT2D eigenvalue weighted by molar-refractivity contribution is 5.91. The lowest BCUT2D eigenvalue weighted by atomic mass is 9.96. The number of nitrogens with zero attached hydrogens (tertiary/aromatic N) is 1. The molecule has 0 saturated carbocycles. The van der Waals surface area contributed by atoms with Crippen molar-refractivity contribution in [3.8, 4) is 0 Å². The summed E-state index contributed by atoms with van der Waals surface area (Å²) in [6.07, 6.45) is 4.30. The first-order valence-corrected chi connectivity index (χ1v) is 12.8. The SMILES string of the molecule is O=C(OC[C@@H](c1ccccc1)N1C(=O)C=C[C@@H]1[C@H](Cc1ccccc1)Nc1ccccc1)c1ccccc1. The molecule has 5 heteroatoms. The largest absolute Gasteiger partial charge is 0.460 e. The first-order chi connectivity index (χ1) is 18.7. The number of rotatable bonds is 10. The fourth-order valence-electron chi connectivity index (χ4n) is 4.89. The standard InChI is InChI=1S/C33H30N2O3/c36-32-22-21-30(29(23-25-13-5-1-6-14-25)34-28-19-11-4-12-20-28)35(32)31(26-15-7-2-8-16-26)24-38-33(37)27-17-9-3-10-18-27/h1-22,29-31,34H,23-24H2/t29-,30+,31-/m0/s1. The predicted molar refractivity (Wildman–Crippen MR) is 150 cm³/mol. The molecule has 5 nitrogen and oxygen atoms in total. The second-order valence-electron chi connectivity index (χ2n) is 9.29. The van der Waals surface area contributed by atoms with Gasteiger partial charge >= 0.3 is 5.97 Å². The Balaban J connectivity index is 1.45. The van der Waals surface area contributed by atoms with E-state index in [9.17, 15) is 9.59 Å². The number of esters is 1. The summed E-state index contributed by atoms with van der Waals surface area (Å²) >= 11 is 0. The molecule has 0 fully saturated rings. The van der Waals surface area contributed by atoms with Gasteiger partial charge in [-0.2, -0.15) is 0 Å². The molecule has 1 heterocycles. The number of benzene rings is 4. The van der Waals surface area contributed by atoms with Crippen molar-refractivity contribution in [3.05, 3.63) is 150 Å². The number of hydrogen-bond donors (Lipinski definition) is 1. The summed E-state index contributed by atoms with van der Waals surface area (Å²) in [6, 6.07) is 38.1. The van der Waals surface area contributed by atoms with Crippen molar-refractivity contribution in [2.24, 2.45) is 0 Å². The molecule has 1 amide bonds. The molecule has 0 bridgehead atoms. The number of hydrogen-bond acceptors (Lipinski definition) is 4. The lowest BCUT2D eigenvalue weighted by molar-refractivity contribution is -0.130. The molecule has 1 aliphatic rings. The monoisotopic (exact) mass is 502 g/mol. The van der Waals surface area contributed by atoms with Gasteiger partial charge < -0.3 is 15.0 Å². The molecule has 190 valence electrons. The second-order valence-corrected chi connectivity index (χ2v) is 9.29. The van der Waals surface area contributed by atoms with Gasteiger partial charge in [-0.15, -0.1) is 0 Å². The van der Waals surface area contributed by atoms with Crippen LogP contribution >= 0.6 is 0 Å². The van der Waals surface area contributed by atoms with Crippen LogP contribution in [-0.2, 0) is 16.0 Å².